The first-order valence-electron chi connectivity index (χ1n) is 17.6. The van der Waals surface area contributed by atoms with Gasteiger partial charge in [0.1, 0.15) is 0 Å². The zero-order valence-electron chi connectivity index (χ0n) is 27.9. The zero-order chi connectivity index (χ0) is 33.7. The van der Waals surface area contributed by atoms with Crippen LogP contribution in [0.25, 0.3) is 61.9 Å². The minimum atomic E-state index is 0.107. The van der Waals surface area contributed by atoms with Crippen molar-refractivity contribution in [3.05, 3.63) is 199 Å². The molecule has 0 N–H and O–H groups in total. The maximum atomic E-state index is 5.25. The van der Waals surface area contributed by atoms with Gasteiger partial charge in [-0.3, -0.25) is 0 Å². The lowest BCUT2D eigenvalue weighted by molar-refractivity contribution is 0.727. The maximum absolute atomic E-state index is 5.25. The minimum Gasteiger partial charge on any atom is -0.333 e. The van der Waals surface area contributed by atoms with Crippen molar-refractivity contribution in [3.8, 4) is 45.0 Å². The van der Waals surface area contributed by atoms with Crippen LogP contribution in [-0.2, 0) is 0 Å². The van der Waals surface area contributed by atoms with E-state index in [1.165, 1.54) is 33.2 Å². The van der Waals surface area contributed by atoms with Gasteiger partial charge in [0.15, 0.2) is 5.82 Å². The van der Waals surface area contributed by atoms with E-state index in [2.05, 4.69) is 181 Å². The molecule has 1 aromatic heterocycles. The summed E-state index contributed by atoms with van der Waals surface area (Å²) in [5.74, 6) is 0.895. The van der Waals surface area contributed by atoms with Crippen molar-refractivity contribution >= 4 is 28.2 Å². The molecule has 0 saturated carbocycles. The van der Waals surface area contributed by atoms with Crippen molar-refractivity contribution in [2.75, 3.05) is 4.90 Å². The lowest BCUT2D eigenvalue weighted by Crippen LogP contribution is -2.30. The van der Waals surface area contributed by atoms with Crippen LogP contribution in [0.1, 0.15) is 22.6 Å². The number of nitrogens with zero attached hydrogens (tertiary/aromatic N) is 3. The Balaban J connectivity index is 1.22. The molecule has 2 heterocycles. The van der Waals surface area contributed by atoms with Crippen molar-refractivity contribution in [2.24, 2.45) is 0 Å². The largest absolute Gasteiger partial charge is 0.333 e. The van der Waals surface area contributed by atoms with Gasteiger partial charge in [-0.2, -0.15) is 0 Å². The van der Waals surface area contributed by atoms with E-state index in [1.54, 1.807) is 0 Å². The molecule has 8 aromatic rings. The molecule has 0 amide bonds. The summed E-state index contributed by atoms with van der Waals surface area (Å²) in [4.78, 5) is 13.1. The number of hydrogen-bond donors (Lipinski definition) is 0. The first-order chi connectivity index (χ1) is 25.3. The molecule has 1 aliphatic heterocycles. The molecule has 0 bridgehead atoms. The molecular weight excluding hydrogens is 619 g/mol. The molecule has 1 aliphatic carbocycles. The van der Waals surface area contributed by atoms with E-state index in [-0.39, 0.29) is 12.0 Å². The summed E-state index contributed by atoms with van der Waals surface area (Å²) in [6.45, 7) is 0. The number of aromatic nitrogens is 2. The minimum absolute atomic E-state index is 0.107. The fourth-order valence-corrected chi connectivity index (χ4v) is 8.06. The molecule has 0 fully saturated rings. The predicted octanol–water partition coefficient (Wildman–Crippen LogP) is 12.0. The highest BCUT2D eigenvalue weighted by atomic mass is 15.2. The molecule has 0 radical (unpaired) electrons. The Kier molecular flexibility index (Phi) is 6.95. The van der Waals surface area contributed by atoms with Gasteiger partial charge < -0.3 is 4.90 Å². The van der Waals surface area contributed by atoms with E-state index in [1.807, 2.05) is 12.1 Å². The quantitative estimate of drug-likeness (QED) is 0.185. The number of fused-ring (bicyclic) bond motifs is 7. The van der Waals surface area contributed by atoms with E-state index < -0.39 is 0 Å². The summed E-state index contributed by atoms with van der Waals surface area (Å²) < 4.78 is 0. The summed E-state index contributed by atoms with van der Waals surface area (Å²) in [6, 6.07) is 62.8. The molecule has 10 rings (SSSR count). The van der Waals surface area contributed by atoms with Crippen molar-refractivity contribution in [2.45, 2.75) is 12.0 Å². The van der Waals surface area contributed by atoms with Crippen LogP contribution in [0, 0.1) is 0 Å². The summed E-state index contributed by atoms with van der Waals surface area (Å²) in [5, 5.41) is 2.57. The van der Waals surface area contributed by atoms with Gasteiger partial charge in [0, 0.05) is 34.0 Å². The smallest absolute Gasteiger partial charge is 0.160 e. The normalized spacial score (nSPS) is 15.7. The SMILES string of the molecule is C1=CC2C(c3ccccc31)c1c(ccc3ccccc13)N2c1cc(-c2ccccc2)cc(-c2nc(-c3ccccc3)cc(-c3ccccc3)n2)c1. The molecule has 7 aromatic carbocycles. The second-order valence-corrected chi connectivity index (χ2v) is 13.4. The van der Waals surface area contributed by atoms with Crippen molar-refractivity contribution < 1.29 is 0 Å². The van der Waals surface area contributed by atoms with Crippen LogP contribution in [0.4, 0.5) is 11.4 Å². The molecule has 2 unspecified atom stereocenters. The first kappa shape index (κ1) is 29.3. The summed E-state index contributed by atoms with van der Waals surface area (Å²) in [7, 11) is 0. The second kappa shape index (κ2) is 12.1. The number of anilines is 2. The maximum Gasteiger partial charge on any atom is 0.160 e. The lowest BCUT2D eigenvalue weighted by Gasteiger charge is -2.32. The molecule has 51 heavy (non-hydrogen) atoms. The monoisotopic (exact) mass is 651 g/mol. The van der Waals surface area contributed by atoms with Crippen LogP contribution >= 0.6 is 0 Å². The number of hydrogen-bond acceptors (Lipinski definition) is 3. The topological polar surface area (TPSA) is 29.0 Å². The predicted molar refractivity (Wildman–Crippen MR) is 211 cm³/mol. The van der Waals surface area contributed by atoms with Crippen LogP contribution in [0.5, 0.6) is 0 Å². The first-order valence-corrected chi connectivity index (χ1v) is 17.6. The van der Waals surface area contributed by atoms with E-state index >= 15 is 0 Å². The zero-order valence-corrected chi connectivity index (χ0v) is 27.9. The van der Waals surface area contributed by atoms with Gasteiger partial charge in [0.05, 0.1) is 17.4 Å². The highest BCUT2D eigenvalue weighted by molar-refractivity contribution is 5.96. The third kappa shape index (κ3) is 5.05. The molecular formula is C48H33N3. The molecule has 240 valence electrons. The molecule has 3 nitrogen and oxygen atoms in total. The average Bonchev–Trinajstić information content (AvgIpc) is 3.57. The molecule has 2 atom stereocenters. The van der Waals surface area contributed by atoms with Gasteiger partial charge in [-0.1, -0.05) is 158 Å². The van der Waals surface area contributed by atoms with E-state index in [4.69, 9.17) is 9.97 Å². The van der Waals surface area contributed by atoms with Crippen LogP contribution < -0.4 is 4.90 Å². The second-order valence-electron chi connectivity index (χ2n) is 13.4. The summed E-state index contributed by atoms with van der Waals surface area (Å²) >= 11 is 0. The molecule has 0 saturated heterocycles. The Labute approximate surface area is 297 Å². The Bertz CT molecular complexity index is 2540. The summed E-state index contributed by atoms with van der Waals surface area (Å²) in [5.41, 5.74) is 13.6. The third-order valence-corrected chi connectivity index (χ3v) is 10.4. The fraction of sp³-hybridized carbons (Fsp3) is 0.0417. The van der Waals surface area contributed by atoms with E-state index in [9.17, 15) is 0 Å². The Morgan fingerprint density at radius 3 is 1.80 bits per heavy atom. The van der Waals surface area contributed by atoms with E-state index in [0.717, 1.165) is 44.9 Å². The molecule has 3 heteroatoms. The van der Waals surface area contributed by atoms with Gasteiger partial charge in [-0.05, 0) is 68.9 Å². The highest BCUT2D eigenvalue weighted by Crippen LogP contribution is 2.54. The number of benzene rings is 7. The van der Waals surface area contributed by atoms with Crippen molar-refractivity contribution in [1.82, 2.24) is 9.97 Å². The van der Waals surface area contributed by atoms with Gasteiger partial charge in [0.2, 0.25) is 0 Å². The van der Waals surface area contributed by atoms with Gasteiger partial charge in [-0.25, -0.2) is 9.97 Å². The van der Waals surface area contributed by atoms with Gasteiger partial charge in [-0.15, -0.1) is 0 Å². The van der Waals surface area contributed by atoms with Crippen LogP contribution in [-0.4, -0.2) is 16.0 Å². The van der Waals surface area contributed by atoms with Crippen molar-refractivity contribution in [1.29, 1.82) is 0 Å². The Morgan fingerprint density at radius 1 is 0.471 bits per heavy atom. The van der Waals surface area contributed by atoms with Gasteiger partial charge >= 0.3 is 0 Å². The average molecular weight is 652 g/mol. The standard InChI is InChI=1S/C48H33N3/c1-4-14-32(15-5-1)37-28-38(48-49-42(35-18-6-2-7-19-35)31-43(50-48)36-20-8-3-9-21-36)30-39(29-37)51-44-26-24-33-16-10-12-22-40(33)46(44)47-41-23-13-11-17-34(41)25-27-45(47)51/h1-31,44,46H. The van der Waals surface area contributed by atoms with Crippen LogP contribution in [0.2, 0.25) is 0 Å². The fourth-order valence-electron chi connectivity index (χ4n) is 8.06. The van der Waals surface area contributed by atoms with E-state index in [0.29, 0.717) is 5.82 Å². The Hall–Kier alpha value is -6.58. The molecule has 2 aliphatic rings. The lowest BCUT2D eigenvalue weighted by atomic mass is 9.80. The Morgan fingerprint density at radius 2 is 1.08 bits per heavy atom. The molecule has 0 spiro atoms. The van der Waals surface area contributed by atoms with Crippen molar-refractivity contribution in [3.63, 3.8) is 0 Å². The number of rotatable bonds is 5. The third-order valence-electron chi connectivity index (χ3n) is 10.4. The van der Waals surface area contributed by atoms with Crippen LogP contribution in [0.15, 0.2) is 182 Å². The van der Waals surface area contributed by atoms with Crippen LogP contribution in [0.3, 0.4) is 0 Å². The highest BCUT2D eigenvalue weighted by Gasteiger charge is 2.42. The van der Waals surface area contributed by atoms with Gasteiger partial charge in [0.25, 0.3) is 0 Å². The summed E-state index contributed by atoms with van der Waals surface area (Å²) in [6.07, 6.45) is 4.70.